The van der Waals surface area contributed by atoms with Crippen molar-refractivity contribution in [3.05, 3.63) is 68.2 Å². The van der Waals surface area contributed by atoms with Crippen molar-refractivity contribution in [2.75, 3.05) is 0 Å². The Bertz CT molecular complexity index is 683. The standard InChI is InChI=1S/C17H17BrF2O/c1-9-6-11(3)12(7-10(9)2)16(21)8-13-15(19)5-4-14(18)17(13)20/h4-7,16,21H,8H2,1-3H3. The molecule has 0 fully saturated rings. The molecule has 21 heavy (non-hydrogen) atoms. The number of halogens is 3. The minimum Gasteiger partial charge on any atom is -0.388 e. The summed E-state index contributed by atoms with van der Waals surface area (Å²) in [6, 6.07) is 6.37. The summed E-state index contributed by atoms with van der Waals surface area (Å²) >= 11 is 3.04. The van der Waals surface area contributed by atoms with E-state index in [-0.39, 0.29) is 16.5 Å². The minimum atomic E-state index is -0.942. The van der Waals surface area contributed by atoms with Gasteiger partial charge < -0.3 is 5.11 Å². The second kappa shape index (κ2) is 6.24. The maximum Gasteiger partial charge on any atom is 0.143 e. The molecule has 2 aromatic carbocycles. The van der Waals surface area contributed by atoms with E-state index >= 15 is 0 Å². The van der Waals surface area contributed by atoms with Crippen molar-refractivity contribution in [2.24, 2.45) is 0 Å². The summed E-state index contributed by atoms with van der Waals surface area (Å²) in [7, 11) is 0. The molecule has 0 bridgehead atoms. The minimum absolute atomic E-state index is 0.0968. The Morgan fingerprint density at radius 2 is 1.67 bits per heavy atom. The van der Waals surface area contributed by atoms with Crippen LogP contribution in [0, 0.1) is 32.4 Å². The number of hydrogen-bond donors (Lipinski definition) is 1. The van der Waals surface area contributed by atoms with Gasteiger partial charge >= 0.3 is 0 Å². The molecule has 112 valence electrons. The number of rotatable bonds is 3. The van der Waals surface area contributed by atoms with Crippen LogP contribution in [0.4, 0.5) is 8.78 Å². The quantitative estimate of drug-likeness (QED) is 0.775. The average Bonchev–Trinajstić information content (AvgIpc) is 2.43. The van der Waals surface area contributed by atoms with Gasteiger partial charge in [-0.3, -0.25) is 0 Å². The van der Waals surface area contributed by atoms with E-state index in [2.05, 4.69) is 15.9 Å². The molecule has 0 aliphatic heterocycles. The molecule has 0 heterocycles. The predicted molar refractivity (Wildman–Crippen MR) is 83.4 cm³/mol. The van der Waals surface area contributed by atoms with Gasteiger partial charge in [0, 0.05) is 12.0 Å². The monoisotopic (exact) mass is 354 g/mol. The third-order valence-electron chi connectivity index (χ3n) is 3.78. The van der Waals surface area contributed by atoms with Crippen molar-refractivity contribution >= 4 is 15.9 Å². The topological polar surface area (TPSA) is 20.2 Å². The fourth-order valence-corrected chi connectivity index (χ4v) is 2.77. The van der Waals surface area contributed by atoms with Crippen LogP contribution in [0.5, 0.6) is 0 Å². The fourth-order valence-electron chi connectivity index (χ4n) is 2.40. The summed E-state index contributed by atoms with van der Waals surface area (Å²) in [5.41, 5.74) is 3.70. The first-order chi connectivity index (χ1) is 9.81. The summed E-state index contributed by atoms with van der Waals surface area (Å²) in [5, 5.41) is 10.4. The molecule has 0 saturated heterocycles. The van der Waals surface area contributed by atoms with Crippen molar-refractivity contribution in [1.29, 1.82) is 0 Å². The van der Waals surface area contributed by atoms with Crippen molar-refractivity contribution in [1.82, 2.24) is 0 Å². The number of aliphatic hydroxyl groups excluding tert-OH is 1. The number of benzene rings is 2. The normalized spacial score (nSPS) is 12.5. The Kier molecular flexibility index (Phi) is 4.79. The van der Waals surface area contributed by atoms with Crippen molar-refractivity contribution < 1.29 is 13.9 Å². The van der Waals surface area contributed by atoms with Gasteiger partial charge in [0.25, 0.3) is 0 Å². The second-order valence-electron chi connectivity index (χ2n) is 5.33. The van der Waals surface area contributed by atoms with Gasteiger partial charge in [-0.05, 0) is 71.1 Å². The zero-order chi connectivity index (χ0) is 15.7. The van der Waals surface area contributed by atoms with E-state index in [0.29, 0.717) is 5.56 Å². The van der Waals surface area contributed by atoms with Gasteiger partial charge in [0.05, 0.1) is 10.6 Å². The molecule has 0 radical (unpaired) electrons. The van der Waals surface area contributed by atoms with Crippen LogP contribution in [-0.2, 0) is 6.42 Å². The van der Waals surface area contributed by atoms with Crippen LogP contribution >= 0.6 is 15.9 Å². The molecule has 2 rings (SSSR count). The van der Waals surface area contributed by atoms with Crippen LogP contribution in [0.2, 0.25) is 0 Å². The highest BCUT2D eigenvalue weighted by molar-refractivity contribution is 9.10. The van der Waals surface area contributed by atoms with E-state index in [4.69, 9.17) is 0 Å². The molecule has 1 unspecified atom stereocenters. The van der Waals surface area contributed by atoms with E-state index in [9.17, 15) is 13.9 Å². The highest BCUT2D eigenvalue weighted by Gasteiger charge is 2.19. The van der Waals surface area contributed by atoms with Crippen molar-refractivity contribution in [3.63, 3.8) is 0 Å². The Labute approximate surface area is 131 Å². The first-order valence-electron chi connectivity index (χ1n) is 6.69. The Morgan fingerprint density at radius 1 is 1.05 bits per heavy atom. The van der Waals surface area contributed by atoms with Crippen LogP contribution in [0.25, 0.3) is 0 Å². The molecule has 0 amide bonds. The highest BCUT2D eigenvalue weighted by atomic mass is 79.9. The molecule has 2 aromatic rings. The lowest BCUT2D eigenvalue weighted by Crippen LogP contribution is -2.08. The molecule has 1 atom stereocenters. The largest absolute Gasteiger partial charge is 0.388 e. The second-order valence-corrected chi connectivity index (χ2v) is 6.19. The Hall–Kier alpha value is -1.26. The lowest BCUT2D eigenvalue weighted by Gasteiger charge is -2.17. The summed E-state index contributed by atoms with van der Waals surface area (Å²) in [6.07, 6.45) is -1.04. The molecule has 0 aromatic heterocycles. The fraction of sp³-hybridized carbons (Fsp3) is 0.294. The molecule has 0 aliphatic rings. The SMILES string of the molecule is Cc1cc(C)c(C(O)Cc2c(F)ccc(Br)c2F)cc1C. The van der Waals surface area contributed by atoms with Crippen LogP contribution in [-0.4, -0.2) is 5.11 Å². The van der Waals surface area contributed by atoms with Gasteiger partial charge in [-0.15, -0.1) is 0 Å². The van der Waals surface area contributed by atoms with Gasteiger partial charge in [0.2, 0.25) is 0 Å². The average molecular weight is 355 g/mol. The van der Waals surface area contributed by atoms with E-state index in [1.54, 1.807) is 0 Å². The number of aryl methyl sites for hydroxylation is 3. The maximum atomic E-state index is 14.0. The molecule has 0 aliphatic carbocycles. The summed E-state index contributed by atoms with van der Waals surface area (Å²) in [4.78, 5) is 0. The van der Waals surface area contributed by atoms with E-state index in [1.165, 1.54) is 12.1 Å². The summed E-state index contributed by atoms with van der Waals surface area (Å²) in [6.45, 7) is 5.83. The zero-order valence-corrected chi connectivity index (χ0v) is 13.8. The summed E-state index contributed by atoms with van der Waals surface area (Å²) in [5.74, 6) is -1.30. The molecule has 4 heteroatoms. The van der Waals surface area contributed by atoms with E-state index in [0.717, 1.165) is 16.7 Å². The predicted octanol–water partition coefficient (Wildman–Crippen LogP) is 4.93. The molecule has 1 nitrogen and oxygen atoms in total. The van der Waals surface area contributed by atoms with Gasteiger partial charge in [-0.2, -0.15) is 0 Å². The first kappa shape index (κ1) is 16.1. The molecular weight excluding hydrogens is 338 g/mol. The third kappa shape index (κ3) is 3.33. The maximum absolute atomic E-state index is 14.0. The highest BCUT2D eigenvalue weighted by Crippen LogP contribution is 2.29. The van der Waals surface area contributed by atoms with Crippen molar-refractivity contribution in [3.8, 4) is 0 Å². The lowest BCUT2D eigenvalue weighted by atomic mass is 9.93. The Morgan fingerprint density at radius 3 is 2.33 bits per heavy atom. The van der Waals surface area contributed by atoms with E-state index in [1.807, 2.05) is 32.9 Å². The number of aliphatic hydroxyl groups is 1. The van der Waals surface area contributed by atoms with Crippen molar-refractivity contribution in [2.45, 2.75) is 33.3 Å². The lowest BCUT2D eigenvalue weighted by molar-refractivity contribution is 0.175. The van der Waals surface area contributed by atoms with Gasteiger partial charge in [0.15, 0.2) is 0 Å². The number of hydrogen-bond acceptors (Lipinski definition) is 1. The van der Waals surface area contributed by atoms with Gasteiger partial charge in [-0.1, -0.05) is 12.1 Å². The first-order valence-corrected chi connectivity index (χ1v) is 7.48. The molecule has 0 saturated carbocycles. The van der Waals surface area contributed by atoms with E-state index < -0.39 is 17.7 Å². The summed E-state index contributed by atoms with van der Waals surface area (Å²) < 4.78 is 28.0. The van der Waals surface area contributed by atoms with Crippen LogP contribution in [0.1, 0.15) is 33.9 Å². The van der Waals surface area contributed by atoms with Crippen LogP contribution in [0.15, 0.2) is 28.7 Å². The zero-order valence-electron chi connectivity index (χ0n) is 12.2. The molecule has 0 spiro atoms. The van der Waals surface area contributed by atoms with Crippen LogP contribution < -0.4 is 0 Å². The third-order valence-corrected chi connectivity index (χ3v) is 4.39. The Balaban J connectivity index is 2.37. The smallest absolute Gasteiger partial charge is 0.143 e. The van der Waals surface area contributed by atoms with Gasteiger partial charge in [-0.25, -0.2) is 8.78 Å². The van der Waals surface area contributed by atoms with Crippen LogP contribution in [0.3, 0.4) is 0 Å². The molecular formula is C17H17BrF2O. The van der Waals surface area contributed by atoms with Gasteiger partial charge in [0.1, 0.15) is 11.6 Å². The molecule has 1 N–H and O–H groups in total.